The molecule has 2 fully saturated rings. The maximum Gasteiger partial charge on any atom is 0.137 e. The van der Waals surface area contributed by atoms with Crippen molar-refractivity contribution >= 4 is 11.0 Å². The number of likely N-dealkylation sites (tertiary alicyclic amines) is 1. The third-order valence-electron chi connectivity index (χ3n) is 4.54. The summed E-state index contributed by atoms with van der Waals surface area (Å²) in [7, 11) is 0. The van der Waals surface area contributed by atoms with Crippen LogP contribution in [-0.4, -0.2) is 40.0 Å². The zero-order chi connectivity index (χ0) is 12.7. The molecule has 2 aromatic heterocycles. The molecule has 0 saturated carbocycles. The molecule has 0 aromatic carbocycles. The standard InChI is InChI=1S/C15H20N4/c1-2-14-11(8-17-15(14)16-6-1)9-19-7-5-12-3-4-13(10-19)18-12/h1-2,6,8,12-13,18H,3-5,7,9-10H2,(H,16,17). The Labute approximate surface area is 113 Å². The van der Waals surface area contributed by atoms with Crippen molar-refractivity contribution in [3.8, 4) is 0 Å². The Morgan fingerprint density at radius 1 is 1.26 bits per heavy atom. The molecular weight excluding hydrogens is 236 g/mol. The van der Waals surface area contributed by atoms with Gasteiger partial charge in [0.25, 0.3) is 0 Å². The van der Waals surface area contributed by atoms with Crippen molar-refractivity contribution in [3.05, 3.63) is 30.1 Å². The zero-order valence-corrected chi connectivity index (χ0v) is 11.1. The first kappa shape index (κ1) is 11.4. The van der Waals surface area contributed by atoms with Crippen molar-refractivity contribution < 1.29 is 0 Å². The normalized spacial score (nSPS) is 27.8. The summed E-state index contributed by atoms with van der Waals surface area (Å²) in [6.07, 6.45) is 7.97. The van der Waals surface area contributed by atoms with Gasteiger partial charge in [-0.3, -0.25) is 4.90 Å². The number of fused-ring (bicyclic) bond motifs is 3. The Kier molecular flexibility index (Phi) is 2.78. The van der Waals surface area contributed by atoms with Gasteiger partial charge < -0.3 is 10.3 Å². The molecule has 0 amide bonds. The van der Waals surface area contributed by atoms with Gasteiger partial charge in [0.2, 0.25) is 0 Å². The minimum Gasteiger partial charge on any atom is -0.346 e. The zero-order valence-electron chi connectivity index (χ0n) is 11.1. The minimum atomic E-state index is 0.704. The average Bonchev–Trinajstić information content (AvgIpc) is 2.97. The number of nitrogens with zero attached hydrogens (tertiary/aromatic N) is 2. The molecule has 4 heteroatoms. The molecule has 2 aliphatic rings. The Balaban J connectivity index is 1.54. The van der Waals surface area contributed by atoms with Gasteiger partial charge >= 0.3 is 0 Å². The van der Waals surface area contributed by atoms with Crippen LogP contribution in [0.5, 0.6) is 0 Å². The maximum absolute atomic E-state index is 4.37. The summed E-state index contributed by atoms with van der Waals surface area (Å²) < 4.78 is 0. The van der Waals surface area contributed by atoms with Gasteiger partial charge in [-0.15, -0.1) is 0 Å². The van der Waals surface area contributed by atoms with Gasteiger partial charge in [-0.25, -0.2) is 4.98 Å². The van der Waals surface area contributed by atoms with E-state index in [1.54, 1.807) is 0 Å². The number of aromatic nitrogens is 2. The Morgan fingerprint density at radius 2 is 2.21 bits per heavy atom. The van der Waals surface area contributed by atoms with Crippen molar-refractivity contribution in [2.45, 2.75) is 37.9 Å². The molecule has 4 rings (SSSR count). The molecule has 4 heterocycles. The van der Waals surface area contributed by atoms with Crippen LogP contribution in [0.3, 0.4) is 0 Å². The van der Waals surface area contributed by atoms with E-state index in [1.165, 1.54) is 43.3 Å². The first-order valence-electron chi connectivity index (χ1n) is 7.28. The lowest BCUT2D eigenvalue weighted by Crippen LogP contribution is -2.34. The van der Waals surface area contributed by atoms with Crippen molar-refractivity contribution in [1.82, 2.24) is 20.2 Å². The molecule has 2 atom stereocenters. The van der Waals surface area contributed by atoms with Gasteiger partial charge in [0.05, 0.1) is 0 Å². The smallest absolute Gasteiger partial charge is 0.137 e. The highest BCUT2D eigenvalue weighted by Gasteiger charge is 2.29. The van der Waals surface area contributed by atoms with Crippen LogP contribution < -0.4 is 5.32 Å². The van der Waals surface area contributed by atoms with E-state index in [0.29, 0.717) is 6.04 Å². The predicted molar refractivity (Wildman–Crippen MR) is 75.9 cm³/mol. The van der Waals surface area contributed by atoms with Gasteiger partial charge in [-0.1, -0.05) is 0 Å². The first-order valence-corrected chi connectivity index (χ1v) is 7.28. The van der Waals surface area contributed by atoms with Crippen molar-refractivity contribution in [2.75, 3.05) is 13.1 Å². The van der Waals surface area contributed by atoms with E-state index in [0.717, 1.165) is 18.2 Å². The highest BCUT2D eigenvalue weighted by atomic mass is 15.2. The molecule has 2 unspecified atom stereocenters. The topological polar surface area (TPSA) is 44.0 Å². The van der Waals surface area contributed by atoms with Crippen LogP contribution in [0.1, 0.15) is 24.8 Å². The van der Waals surface area contributed by atoms with E-state index in [-0.39, 0.29) is 0 Å². The summed E-state index contributed by atoms with van der Waals surface area (Å²) in [6, 6.07) is 5.65. The van der Waals surface area contributed by atoms with Crippen LogP contribution in [0.15, 0.2) is 24.5 Å². The van der Waals surface area contributed by atoms with Crippen molar-refractivity contribution in [3.63, 3.8) is 0 Å². The number of H-pyrrole nitrogens is 1. The van der Waals surface area contributed by atoms with Gasteiger partial charge in [0.15, 0.2) is 0 Å². The lowest BCUT2D eigenvalue weighted by atomic mass is 10.1. The molecule has 2 aromatic rings. The van der Waals surface area contributed by atoms with Crippen LogP contribution in [0.2, 0.25) is 0 Å². The quantitative estimate of drug-likeness (QED) is 0.862. The summed E-state index contributed by atoms with van der Waals surface area (Å²) >= 11 is 0. The SMILES string of the molecule is c1cnc2[nH]cc(CN3CCC4CCC(C3)N4)c2c1. The van der Waals surface area contributed by atoms with E-state index < -0.39 is 0 Å². The maximum atomic E-state index is 4.37. The summed E-state index contributed by atoms with van der Waals surface area (Å²) in [6.45, 7) is 3.43. The predicted octanol–water partition coefficient (Wildman–Crippen LogP) is 1.89. The largest absolute Gasteiger partial charge is 0.346 e. The summed E-state index contributed by atoms with van der Waals surface area (Å²) in [5.41, 5.74) is 2.38. The number of nitrogens with one attached hydrogen (secondary N) is 2. The van der Waals surface area contributed by atoms with E-state index >= 15 is 0 Å². The molecule has 0 aliphatic carbocycles. The third kappa shape index (κ3) is 2.15. The second-order valence-electron chi connectivity index (χ2n) is 5.88. The molecule has 2 saturated heterocycles. The molecule has 2 aliphatic heterocycles. The molecule has 2 bridgehead atoms. The minimum absolute atomic E-state index is 0.704. The van der Waals surface area contributed by atoms with Crippen LogP contribution >= 0.6 is 0 Å². The van der Waals surface area contributed by atoms with Crippen molar-refractivity contribution in [2.24, 2.45) is 0 Å². The van der Waals surface area contributed by atoms with Gasteiger partial charge in [-0.05, 0) is 37.0 Å². The van der Waals surface area contributed by atoms with Crippen LogP contribution in [0.25, 0.3) is 11.0 Å². The molecule has 0 spiro atoms. The monoisotopic (exact) mass is 256 g/mol. The van der Waals surface area contributed by atoms with Crippen LogP contribution in [0, 0.1) is 0 Å². The van der Waals surface area contributed by atoms with Gasteiger partial charge in [-0.2, -0.15) is 0 Å². The lowest BCUT2D eigenvalue weighted by Gasteiger charge is -2.23. The highest BCUT2D eigenvalue weighted by Crippen LogP contribution is 2.23. The summed E-state index contributed by atoms with van der Waals surface area (Å²) in [5.74, 6) is 0. The van der Waals surface area contributed by atoms with Crippen LogP contribution in [-0.2, 0) is 6.54 Å². The molecule has 100 valence electrons. The first-order chi connectivity index (χ1) is 9.38. The second-order valence-corrected chi connectivity index (χ2v) is 5.88. The van der Waals surface area contributed by atoms with E-state index in [4.69, 9.17) is 0 Å². The number of pyridine rings is 1. The average molecular weight is 256 g/mol. The number of aromatic amines is 1. The van der Waals surface area contributed by atoms with Gasteiger partial charge in [0, 0.05) is 49.5 Å². The number of rotatable bonds is 2. The van der Waals surface area contributed by atoms with E-state index in [9.17, 15) is 0 Å². The fourth-order valence-corrected chi connectivity index (χ4v) is 3.54. The fourth-order valence-electron chi connectivity index (χ4n) is 3.54. The van der Waals surface area contributed by atoms with Crippen molar-refractivity contribution in [1.29, 1.82) is 0 Å². The van der Waals surface area contributed by atoms with E-state index in [2.05, 4.69) is 32.4 Å². The molecule has 19 heavy (non-hydrogen) atoms. The summed E-state index contributed by atoms with van der Waals surface area (Å²) in [5, 5.41) is 5.01. The summed E-state index contributed by atoms with van der Waals surface area (Å²) in [4.78, 5) is 10.2. The van der Waals surface area contributed by atoms with E-state index in [1.807, 2.05) is 12.3 Å². The molecule has 0 radical (unpaired) electrons. The second kappa shape index (κ2) is 4.62. The molecule has 2 N–H and O–H groups in total. The fraction of sp³-hybridized carbons (Fsp3) is 0.533. The number of hydrogen-bond acceptors (Lipinski definition) is 3. The van der Waals surface area contributed by atoms with Crippen LogP contribution in [0.4, 0.5) is 0 Å². The Hall–Kier alpha value is -1.39. The molecular formula is C15H20N4. The van der Waals surface area contributed by atoms with Gasteiger partial charge in [0.1, 0.15) is 5.65 Å². The Morgan fingerprint density at radius 3 is 3.21 bits per heavy atom. The molecule has 4 nitrogen and oxygen atoms in total. The third-order valence-corrected chi connectivity index (χ3v) is 4.54. The lowest BCUT2D eigenvalue weighted by molar-refractivity contribution is 0.252. The Bertz CT molecular complexity index is 576. The highest BCUT2D eigenvalue weighted by molar-refractivity contribution is 5.79. The number of hydrogen-bond donors (Lipinski definition) is 2.